The Morgan fingerprint density at radius 2 is 1.96 bits per heavy atom. The van der Waals surface area contributed by atoms with E-state index >= 15 is 0 Å². The molecule has 1 aromatic heterocycles. The van der Waals surface area contributed by atoms with Crippen LogP contribution in [0.1, 0.15) is 32.4 Å². The summed E-state index contributed by atoms with van der Waals surface area (Å²) in [5.41, 5.74) is 0. The summed E-state index contributed by atoms with van der Waals surface area (Å²) in [6, 6.07) is 0.463. The number of hydrogen-bond acceptors (Lipinski definition) is 5. The van der Waals surface area contributed by atoms with Gasteiger partial charge in [-0.25, -0.2) is 4.99 Å². The Kier molecular flexibility index (Phi) is 7.64. The summed E-state index contributed by atoms with van der Waals surface area (Å²) in [7, 11) is 1.97. The molecule has 0 radical (unpaired) electrons. The maximum Gasteiger partial charge on any atom is 0.191 e. The van der Waals surface area contributed by atoms with Crippen molar-refractivity contribution in [3.8, 4) is 0 Å². The van der Waals surface area contributed by atoms with Gasteiger partial charge in [-0.2, -0.15) is 0 Å². The van der Waals surface area contributed by atoms with Crippen molar-refractivity contribution in [3.05, 3.63) is 11.6 Å². The molecule has 2 N–H and O–H groups in total. The van der Waals surface area contributed by atoms with E-state index in [0.717, 1.165) is 57.0 Å². The molecule has 1 aliphatic rings. The molecule has 0 aliphatic carbocycles. The third-order valence-corrected chi connectivity index (χ3v) is 4.67. The summed E-state index contributed by atoms with van der Waals surface area (Å²) in [5, 5.41) is 15.1. The van der Waals surface area contributed by atoms with Crippen LogP contribution in [0.2, 0.25) is 0 Å². The minimum atomic E-state index is 0.463. The fraction of sp³-hybridized carbons (Fsp3) is 0.824. The average Bonchev–Trinajstić information content (AvgIpc) is 2.92. The van der Waals surface area contributed by atoms with Gasteiger partial charge in [0.15, 0.2) is 11.8 Å². The molecule has 2 heterocycles. The van der Waals surface area contributed by atoms with E-state index in [0.29, 0.717) is 18.5 Å². The third kappa shape index (κ3) is 5.67. The lowest BCUT2D eigenvalue weighted by Gasteiger charge is -2.37. The molecule has 0 bridgehead atoms. The molecular formula is C17H33N7O. The highest BCUT2D eigenvalue weighted by atomic mass is 16.5. The van der Waals surface area contributed by atoms with Gasteiger partial charge >= 0.3 is 0 Å². The number of aliphatic imine (C=N–C) groups is 1. The number of rotatable bonds is 7. The Hall–Kier alpha value is -1.67. The van der Waals surface area contributed by atoms with Crippen LogP contribution in [-0.4, -0.2) is 71.1 Å². The number of aromatic nitrogens is 3. The van der Waals surface area contributed by atoms with Crippen LogP contribution < -0.4 is 10.6 Å². The standard InChI is InChI=1S/C17H33N7O/c1-6-18-17(20-12-16-22-21-14(4)23(16)5)19-11-15(13(2)3)24-7-9-25-10-8-24/h13,15H,6-12H2,1-5H3,(H2,18,19,20). The number of morpholine rings is 1. The Bertz CT molecular complexity index is 549. The van der Waals surface area contributed by atoms with E-state index in [1.165, 1.54) is 0 Å². The lowest BCUT2D eigenvalue weighted by Crippen LogP contribution is -2.52. The summed E-state index contributed by atoms with van der Waals surface area (Å²) < 4.78 is 7.45. The van der Waals surface area contributed by atoms with E-state index in [2.05, 4.69) is 51.5 Å². The summed E-state index contributed by atoms with van der Waals surface area (Å²) in [5.74, 6) is 3.15. The van der Waals surface area contributed by atoms with Crippen LogP contribution >= 0.6 is 0 Å². The van der Waals surface area contributed by atoms with E-state index in [4.69, 9.17) is 4.74 Å². The van der Waals surface area contributed by atoms with E-state index in [9.17, 15) is 0 Å². The van der Waals surface area contributed by atoms with Gasteiger partial charge in [-0.15, -0.1) is 10.2 Å². The number of nitrogens with zero attached hydrogens (tertiary/aromatic N) is 5. The second-order valence-corrected chi connectivity index (χ2v) is 6.76. The van der Waals surface area contributed by atoms with Crippen LogP contribution in [-0.2, 0) is 18.3 Å². The molecule has 0 spiro atoms. The van der Waals surface area contributed by atoms with Gasteiger partial charge in [0.1, 0.15) is 12.4 Å². The number of nitrogens with one attached hydrogen (secondary N) is 2. The zero-order valence-corrected chi connectivity index (χ0v) is 16.2. The molecule has 1 aliphatic heterocycles. The fourth-order valence-corrected chi connectivity index (χ4v) is 2.98. The normalized spacial score (nSPS) is 17.8. The smallest absolute Gasteiger partial charge is 0.191 e. The maximum atomic E-state index is 5.48. The summed E-state index contributed by atoms with van der Waals surface area (Å²) in [6.07, 6.45) is 0. The zero-order chi connectivity index (χ0) is 18.2. The lowest BCUT2D eigenvalue weighted by atomic mass is 10.0. The second-order valence-electron chi connectivity index (χ2n) is 6.76. The highest BCUT2D eigenvalue weighted by Crippen LogP contribution is 2.12. The van der Waals surface area contributed by atoms with Crippen molar-refractivity contribution in [3.63, 3.8) is 0 Å². The van der Waals surface area contributed by atoms with Crippen LogP contribution in [0.25, 0.3) is 0 Å². The molecule has 1 saturated heterocycles. The summed E-state index contributed by atoms with van der Waals surface area (Å²) in [4.78, 5) is 7.17. The van der Waals surface area contributed by atoms with Crippen LogP contribution in [0.3, 0.4) is 0 Å². The first-order valence-corrected chi connectivity index (χ1v) is 9.21. The Balaban J connectivity index is 1.96. The van der Waals surface area contributed by atoms with Crippen molar-refractivity contribution in [2.24, 2.45) is 18.0 Å². The predicted octanol–water partition coefficient (Wildman–Crippen LogP) is 0.535. The highest BCUT2D eigenvalue weighted by Gasteiger charge is 2.23. The number of ether oxygens (including phenoxy) is 1. The van der Waals surface area contributed by atoms with E-state index < -0.39 is 0 Å². The van der Waals surface area contributed by atoms with Gasteiger partial charge in [0.2, 0.25) is 0 Å². The molecule has 1 atom stereocenters. The molecule has 0 saturated carbocycles. The molecule has 1 fully saturated rings. The van der Waals surface area contributed by atoms with Crippen LogP contribution in [0, 0.1) is 12.8 Å². The van der Waals surface area contributed by atoms with Gasteiger partial charge in [-0.1, -0.05) is 13.8 Å². The largest absolute Gasteiger partial charge is 0.379 e. The van der Waals surface area contributed by atoms with E-state index in [-0.39, 0.29) is 0 Å². The molecule has 1 aromatic rings. The first-order valence-electron chi connectivity index (χ1n) is 9.21. The first-order chi connectivity index (χ1) is 12.0. The van der Waals surface area contributed by atoms with Gasteiger partial charge < -0.3 is 19.9 Å². The third-order valence-electron chi connectivity index (χ3n) is 4.67. The highest BCUT2D eigenvalue weighted by molar-refractivity contribution is 5.79. The molecular weight excluding hydrogens is 318 g/mol. The molecule has 1 unspecified atom stereocenters. The summed E-state index contributed by atoms with van der Waals surface area (Å²) >= 11 is 0. The molecule has 0 amide bonds. The van der Waals surface area contributed by atoms with Crippen molar-refractivity contribution >= 4 is 5.96 Å². The molecule has 0 aromatic carbocycles. The van der Waals surface area contributed by atoms with Crippen LogP contribution in [0.15, 0.2) is 4.99 Å². The van der Waals surface area contributed by atoms with Crippen molar-refractivity contribution < 1.29 is 4.74 Å². The average molecular weight is 351 g/mol. The molecule has 2 rings (SSSR count). The van der Waals surface area contributed by atoms with E-state index in [1.54, 1.807) is 0 Å². The van der Waals surface area contributed by atoms with Crippen molar-refractivity contribution in [1.29, 1.82) is 0 Å². The van der Waals surface area contributed by atoms with Gasteiger partial charge in [0, 0.05) is 39.3 Å². The topological polar surface area (TPSA) is 79.6 Å². The Labute approximate surface area is 151 Å². The Morgan fingerprint density at radius 1 is 1.24 bits per heavy atom. The second kappa shape index (κ2) is 9.72. The SMILES string of the molecule is CCNC(=NCc1nnc(C)n1C)NCC(C(C)C)N1CCOCC1. The van der Waals surface area contributed by atoms with Crippen LogP contribution in [0.5, 0.6) is 0 Å². The van der Waals surface area contributed by atoms with Crippen molar-refractivity contribution in [2.75, 3.05) is 39.4 Å². The minimum Gasteiger partial charge on any atom is -0.379 e. The number of guanidine groups is 1. The van der Waals surface area contributed by atoms with Crippen LogP contribution in [0.4, 0.5) is 0 Å². The first kappa shape index (κ1) is 19.7. The lowest BCUT2D eigenvalue weighted by molar-refractivity contribution is 0.00752. The van der Waals surface area contributed by atoms with Gasteiger partial charge in [-0.05, 0) is 19.8 Å². The minimum absolute atomic E-state index is 0.463. The maximum absolute atomic E-state index is 5.48. The van der Waals surface area contributed by atoms with Gasteiger partial charge in [0.25, 0.3) is 0 Å². The molecule has 8 nitrogen and oxygen atoms in total. The quantitative estimate of drug-likeness (QED) is 0.551. The predicted molar refractivity (Wildman–Crippen MR) is 99.6 cm³/mol. The molecule has 142 valence electrons. The fourth-order valence-electron chi connectivity index (χ4n) is 2.98. The van der Waals surface area contributed by atoms with Gasteiger partial charge in [0.05, 0.1) is 13.2 Å². The van der Waals surface area contributed by atoms with E-state index in [1.807, 2.05) is 18.5 Å². The monoisotopic (exact) mass is 351 g/mol. The Morgan fingerprint density at radius 3 is 2.52 bits per heavy atom. The molecule has 8 heteroatoms. The summed E-state index contributed by atoms with van der Waals surface area (Å²) in [6.45, 7) is 14.4. The molecule has 25 heavy (non-hydrogen) atoms. The number of aryl methyl sites for hydroxylation is 1. The number of hydrogen-bond donors (Lipinski definition) is 2. The zero-order valence-electron chi connectivity index (χ0n) is 16.2. The van der Waals surface area contributed by atoms with Crippen molar-refractivity contribution in [2.45, 2.75) is 40.3 Å². The van der Waals surface area contributed by atoms with Gasteiger partial charge in [-0.3, -0.25) is 4.90 Å². The van der Waals surface area contributed by atoms with Crippen molar-refractivity contribution in [1.82, 2.24) is 30.3 Å².